The normalized spacial score (nSPS) is 16.1. The molecule has 0 bridgehead atoms. The molecule has 3 aliphatic rings. The number of nitrogens with zero attached hydrogens (tertiary/aromatic N) is 7. The van der Waals surface area contributed by atoms with Crippen molar-refractivity contribution in [1.29, 1.82) is 0 Å². The van der Waals surface area contributed by atoms with Gasteiger partial charge in [-0.1, -0.05) is 13.0 Å². The lowest BCUT2D eigenvalue weighted by molar-refractivity contribution is -0.131. The summed E-state index contributed by atoms with van der Waals surface area (Å²) >= 11 is 0. The highest BCUT2D eigenvalue weighted by Crippen LogP contribution is 2.38. The third-order valence-corrected chi connectivity index (χ3v) is 9.75. The van der Waals surface area contributed by atoms with Crippen LogP contribution in [-0.4, -0.2) is 99.5 Å². The minimum absolute atomic E-state index is 0.00105. The summed E-state index contributed by atoms with van der Waals surface area (Å²) in [5.41, 5.74) is 12.0. The van der Waals surface area contributed by atoms with Crippen molar-refractivity contribution in [3.63, 3.8) is 0 Å². The number of methoxy groups -OCH3 is 1. The van der Waals surface area contributed by atoms with Crippen molar-refractivity contribution < 1.29 is 18.7 Å². The van der Waals surface area contributed by atoms with Crippen molar-refractivity contribution >= 4 is 34.1 Å². The topological polar surface area (TPSA) is 135 Å². The molecule has 2 amide bonds. The van der Waals surface area contributed by atoms with Gasteiger partial charge in [-0.25, -0.2) is 14.4 Å². The van der Waals surface area contributed by atoms with Crippen molar-refractivity contribution in [1.82, 2.24) is 45.7 Å². The number of ether oxygens (including phenoxy) is 1. The van der Waals surface area contributed by atoms with Gasteiger partial charge in [0, 0.05) is 93.0 Å². The third-order valence-electron chi connectivity index (χ3n) is 9.75. The monoisotopic (exact) mass is 694 g/mol. The van der Waals surface area contributed by atoms with E-state index in [9.17, 15) is 9.59 Å². The van der Waals surface area contributed by atoms with Gasteiger partial charge in [-0.15, -0.1) is 5.53 Å². The highest BCUT2D eigenvalue weighted by Gasteiger charge is 2.29. The third kappa shape index (κ3) is 6.83. The van der Waals surface area contributed by atoms with Crippen LogP contribution in [0.25, 0.3) is 27.6 Å². The quantitative estimate of drug-likeness (QED) is 0.235. The summed E-state index contributed by atoms with van der Waals surface area (Å²) in [6, 6.07) is 5.68. The van der Waals surface area contributed by atoms with Crippen molar-refractivity contribution in [3.05, 3.63) is 83.1 Å². The summed E-state index contributed by atoms with van der Waals surface area (Å²) in [6.07, 6.45) is 10.8. The molecule has 0 spiro atoms. The largest absolute Gasteiger partial charge is 0.478 e. The van der Waals surface area contributed by atoms with Crippen LogP contribution in [0.4, 0.5) is 10.2 Å². The Morgan fingerprint density at radius 2 is 1.78 bits per heavy atom. The minimum atomic E-state index is -0.446. The number of hydrazine groups is 2. The summed E-state index contributed by atoms with van der Waals surface area (Å²) < 4.78 is 22.2. The fraction of sp³-hybridized carbons (Fsp3) is 0.378. The number of anilines is 1. The van der Waals surface area contributed by atoms with E-state index >= 15 is 4.39 Å². The molecular weight excluding hydrogens is 651 g/mol. The Hall–Kier alpha value is -5.50. The first-order valence-electron chi connectivity index (χ1n) is 17.4. The Morgan fingerprint density at radius 3 is 2.53 bits per heavy atom. The van der Waals surface area contributed by atoms with E-state index in [1.165, 1.54) is 0 Å². The van der Waals surface area contributed by atoms with Gasteiger partial charge < -0.3 is 29.8 Å². The first-order chi connectivity index (χ1) is 24.7. The molecule has 0 unspecified atom stereocenters. The Bertz CT molecular complexity index is 2030. The van der Waals surface area contributed by atoms with Gasteiger partial charge >= 0.3 is 0 Å². The zero-order chi connectivity index (χ0) is 35.6. The van der Waals surface area contributed by atoms with Crippen molar-refractivity contribution in [2.45, 2.75) is 40.0 Å². The number of piperazine rings is 1. The van der Waals surface area contributed by atoms with E-state index < -0.39 is 5.82 Å². The number of benzene rings is 1. The summed E-state index contributed by atoms with van der Waals surface area (Å²) in [6.45, 7) is 9.26. The zero-order valence-corrected chi connectivity index (χ0v) is 29.4. The lowest BCUT2D eigenvalue weighted by Gasteiger charge is -2.35. The molecule has 0 radical (unpaired) electrons. The number of aryl methyl sites for hydroxylation is 3. The number of H-pyrrole nitrogens is 1. The van der Waals surface area contributed by atoms with Gasteiger partial charge in [0.25, 0.3) is 11.8 Å². The molecule has 14 heteroatoms. The van der Waals surface area contributed by atoms with Gasteiger partial charge in [0.1, 0.15) is 5.69 Å². The summed E-state index contributed by atoms with van der Waals surface area (Å²) in [7, 11) is 1.57. The number of hydrogen-bond acceptors (Lipinski definition) is 10. The van der Waals surface area contributed by atoms with E-state index in [1.54, 1.807) is 40.4 Å². The van der Waals surface area contributed by atoms with Gasteiger partial charge in [0.05, 0.1) is 24.5 Å². The van der Waals surface area contributed by atoms with E-state index in [2.05, 4.69) is 48.8 Å². The van der Waals surface area contributed by atoms with E-state index in [0.29, 0.717) is 87.0 Å². The van der Waals surface area contributed by atoms with Gasteiger partial charge in [-0.3, -0.25) is 19.6 Å². The molecule has 51 heavy (non-hydrogen) atoms. The van der Waals surface area contributed by atoms with Crippen LogP contribution in [0, 0.1) is 19.7 Å². The number of pyridine rings is 1. The Kier molecular flexibility index (Phi) is 9.58. The second-order valence-corrected chi connectivity index (χ2v) is 13.1. The van der Waals surface area contributed by atoms with Crippen LogP contribution in [0.3, 0.4) is 0 Å². The van der Waals surface area contributed by atoms with Gasteiger partial charge in [0.15, 0.2) is 11.6 Å². The van der Waals surface area contributed by atoms with Gasteiger partial charge in [-0.05, 0) is 61.6 Å². The van der Waals surface area contributed by atoms with Crippen LogP contribution in [0.15, 0.2) is 49.1 Å². The number of halogens is 1. The molecule has 0 saturated carbocycles. The van der Waals surface area contributed by atoms with Gasteiger partial charge in [-0.2, -0.15) is 0 Å². The second-order valence-electron chi connectivity index (χ2n) is 13.1. The smallest absolute Gasteiger partial charge is 0.270 e. The molecule has 6 heterocycles. The molecular formula is C37H43FN10O3. The number of carbonyl (C=O) groups excluding carboxylic acids is 2. The first-order valence-corrected chi connectivity index (χ1v) is 17.4. The first kappa shape index (κ1) is 34.0. The van der Waals surface area contributed by atoms with Crippen molar-refractivity contribution in [3.8, 4) is 17.0 Å². The molecule has 4 aromatic rings. The average Bonchev–Trinajstić information content (AvgIpc) is 3.85. The predicted molar refractivity (Wildman–Crippen MR) is 193 cm³/mol. The summed E-state index contributed by atoms with van der Waals surface area (Å²) in [5, 5.41) is 2.42. The standard InChI is InChI=1S/C37H43FN10O3/c1-5-25-17-23(2)39-21-30(25)28-18-27(26-7-6-10-47(22-26)32(49)8-11-48-12-9-41-44-48)33(38)34-29(28)19-31(43-34)37(50)46-15-13-45(14-16-46)35-36(51-4)42-24(3)20-40-35/h7,9,12,17-21,41,43-44H,5-6,8,10-11,13-16,22H2,1-4H3. The number of rotatable bonds is 9. The van der Waals surface area contributed by atoms with E-state index in [1.807, 2.05) is 38.4 Å². The maximum Gasteiger partial charge on any atom is 0.270 e. The van der Waals surface area contributed by atoms with Crippen LogP contribution in [0.1, 0.15) is 52.8 Å². The number of hydrogen-bond donors (Lipinski definition) is 3. The fourth-order valence-corrected chi connectivity index (χ4v) is 7.02. The molecule has 13 nitrogen and oxygen atoms in total. The molecule has 3 aromatic heterocycles. The maximum atomic E-state index is 16.8. The van der Waals surface area contributed by atoms with Crippen molar-refractivity contribution in [2.24, 2.45) is 0 Å². The van der Waals surface area contributed by atoms with Crippen LogP contribution in [-0.2, 0) is 11.2 Å². The van der Waals surface area contributed by atoms with E-state index in [4.69, 9.17) is 4.74 Å². The second kappa shape index (κ2) is 14.4. The van der Waals surface area contributed by atoms with Crippen LogP contribution in [0.2, 0.25) is 0 Å². The summed E-state index contributed by atoms with van der Waals surface area (Å²) in [5.74, 6) is 0.452. The molecule has 266 valence electrons. The molecule has 3 aliphatic heterocycles. The van der Waals surface area contributed by atoms with Gasteiger partial charge in [0.2, 0.25) is 5.91 Å². The molecule has 1 aromatic carbocycles. The summed E-state index contributed by atoms with van der Waals surface area (Å²) in [4.78, 5) is 49.6. The average molecular weight is 695 g/mol. The highest BCUT2D eigenvalue weighted by molar-refractivity contribution is 6.05. The predicted octanol–water partition coefficient (Wildman–Crippen LogP) is 4.11. The molecule has 7 rings (SSSR count). The Morgan fingerprint density at radius 1 is 0.961 bits per heavy atom. The number of amides is 2. The number of fused-ring (bicyclic) bond motifs is 1. The lowest BCUT2D eigenvalue weighted by atomic mass is 9.91. The number of aromatic amines is 1. The number of nitrogens with one attached hydrogen (secondary N) is 3. The number of aromatic nitrogens is 4. The molecule has 0 atom stereocenters. The lowest BCUT2D eigenvalue weighted by Crippen LogP contribution is -2.49. The van der Waals surface area contributed by atoms with E-state index in [0.717, 1.165) is 40.1 Å². The fourth-order valence-electron chi connectivity index (χ4n) is 7.02. The van der Waals surface area contributed by atoms with Crippen LogP contribution >= 0.6 is 0 Å². The van der Waals surface area contributed by atoms with Crippen LogP contribution in [0.5, 0.6) is 5.88 Å². The van der Waals surface area contributed by atoms with Crippen LogP contribution < -0.4 is 20.6 Å². The molecule has 1 fully saturated rings. The molecule has 3 N–H and O–H groups in total. The highest BCUT2D eigenvalue weighted by atomic mass is 19.1. The minimum Gasteiger partial charge on any atom is -0.478 e. The zero-order valence-electron chi connectivity index (χ0n) is 29.4. The number of carbonyl (C=O) groups is 2. The molecule has 0 aliphatic carbocycles. The Balaban J connectivity index is 1.19. The SMILES string of the molecule is CCc1cc(C)ncc1-c1cc(C2=CCCN(C(=O)CCN3C=CNN3)C2)c(F)c2[nH]c(C(=O)N3CCN(c4ncc(C)nc4OC)CC3)cc12. The maximum absolute atomic E-state index is 16.8. The Labute approximate surface area is 296 Å². The van der Waals surface area contributed by atoms with Crippen molar-refractivity contribution in [2.75, 3.05) is 57.8 Å². The van der Waals surface area contributed by atoms with E-state index in [-0.39, 0.29) is 17.3 Å². The molecule has 1 saturated heterocycles.